The second kappa shape index (κ2) is 6.62. The van der Waals surface area contributed by atoms with Gasteiger partial charge in [-0.05, 0) is 46.6 Å². The van der Waals surface area contributed by atoms with Crippen LogP contribution in [0.15, 0.2) is 53.0 Å². The van der Waals surface area contributed by atoms with Gasteiger partial charge in [0.1, 0.15) is 0 Å². The largest absolute Gasteiger partial charge is 0.382 e. The maximum absolute atomic E-state index is 3.54. The normalized spacial score (nSPS) is 10.3. The molecule has 0 aromatic heterocycles. The van der Waals surface area contributed by atoms with Gasteiger partial charge in [0.2, 0.25) is 0 Å². The van der Waals surface area contributed by atoms with Crippen molar-refractivity contribution < 1.29 is 0 Å². The van der Waals surface area contributed by atoms with E-state index in [1.165, 1.54) is 11.3 Å². The summed E-state index contributed by atoms with van der Waals surface area (Å²) in [6.45, 7) is 4.02. The fourth-order valence-corrected chi connectivity index (χ4v) is 2.50. The number of aryl methyl sites for hydroxylation is 1. The predicted octanol–water partition coefficient (Wildman–Crippen LogP) is 4.31. The lowest BCUT2D eigenvalue weighted by atomic mass is 10.2. The zero-order valence-corrected chi connectivity index (χ0v) is 12.9. The van der Waals surface area contributed by atoms with E-state index in [0.717, 1.165) is 23.2 Å². The lowest BCUT2D eigenvalue weighted by Crippen LogP contribution is -2.25. The zero-order chi connectivity index (χ0) is 13.7. The van der Waals surface area contributed by atoms with Crippen molar-refractivity contribution in [2.24, 2.45) is 0 Å². The standard InChI is InChI=1S/C16H19BrN2/c1-13-7-3-6-10-16(13)19(2)12-11-18-15-9-5-4-8-14(15)17/h3-10,18H,11-12H2,1-2H3. The first-order chi connectivity index (χ1) is 9.18. The van der Waals surface area contributed by atoms with Crippen molar-refractivity contribution in [3.63, 3.8) is 0 Å². The van der Waals surface area contributed by atoms with Gasteiger partial charge in [-0.1, -0.05) is 30.3 Å². The number of para-hydroxylation sites is 2. The molecule has 0 aliphatic heterocycles. The van der Waals surface area contributed by atoms with Crippen molar-refractivity contribution >= 4 is 27.3 Å². The fraction of sp³-hybridized carbons (Fsp3) is 0.250. The van der Waals surface area contributed by atoms with Gasteiger partial charge in [-0.15, -0.1) is 0 Å². The molecule has 1 N–H and O–H groups in total. The highest BCUT2D eigenvalue weighted by molar-refractivity contribution is 9.10. The van der Waals surface area contributed by atoms with Gasteiger partial charge in [-0.25, -0.2) is 0 Å². The highest BCUT2D eigenvalue weighted by Gasteiger charge is 2.03. The van der Waals surface area contributed by atoms with Crippen LogP contribution < -0.4 is 10.2 Å². The lowest BCUT2D eigenvalue weighted by molar-refractivity contribution is 0.909. The van der Waals surface area contributed by atoms with Crippen molar-refractivity contribution in [3.8, 4) is 0 Å². The van der Waals surface area contributed by atoms with E-state index in [1.54, 1.807) is 0 Å². The minimum Gasteiger partial charge on any atom is -0.382 e. The Kier molecular flexibility index (Phi) is 4.86. The Morgan fingerprint density at radius 3 is 2.47 bits per heavy atom. The van der Waals surface area contributed by atoms with Crippen LogP contribution >= 0.6 is 15.9 Å². The summed E-state index contributed by atoms with van der Waals surface area (Å²) >= 11 is 3.54. The molecule has 0 aliphatic rings. The molecule has 2 rings (SSSR count). The number of likely N-dealkylation sites (N-methyl/N-ethyl adjacent to an activating group) is 1. The molecular weight excluding hydrogens is 300 g/mol. The summed E-state index contributed by atoms with van der Waals surface area (Å²) < 4.78 is 1.11. The zero-order valence-electron chi connectivity index (χ0n) is 11.4. The monoisotopic (exact) mass is 318 g/mol. The number of anilines is 2. The molecule has 0 saturated heterocycles. The topological polar surface area (TPSA) is 15.3 Å². The van der Waals surface area contributed by atoms with Crippen LogP contribution in [0.1, 0.15) is 5.56 Å². The van der Waals surface area contributed by atoms with Crippen LogP contribution in [-0.2, 0) is 0 Å². The van der Waals surface area contributed by atoms with Gasteiger partial charge >= 0.3 is 0 Å². The Balaban J connectivity index is 1.90. The predicted molar refractivity (Wildman–Crippen MR) is 87.1 cm³/mol. The molecule has 0 amide bonds. The Labute approximate surface area is 123 Å². The van der Waals surface area contributed by atoms with Gasteiger partial charge in [0.25, 0.3) is 0 Å². The molecule has 19 heavy (non-hydrogen) atoms. The molecule has 0 radical (unpaired) electrons. The number of benzene rings is 2. The summed E-state index contributed by atoms with van der Waals surface area (Å²) in [5.41, 5.74) is 3.74. The highest BCUT2D eigenvalue weighted by atomic mass is 79.9. The summed E-state index contributed by atoms with van der Waals surface area (Å²) in [7, 11) is 2.13. The van der Waals surface area contributed by atoms with Crippen LogP contribution in [0.4, 0.5) is 11.4 Å². The van der Waals surface area contributed by atoms with Gasteiger partial charge in [0.05, 0.1) is 0 Å². The van der Waals surface area contributed by atoms with Gasteiger partial charge in [0.15, 0.2) is 0 Å². The van der Waals surface area contributed by atoms with Crippen molar-refractivity contribution in [3.05, 3.63) is 58.6 Å². The Morgan fingerprint density at radius 2 is 1.74 bits per heavy atom. The van der Waals surface area contributed by atoms with Gasteiger partial charge in [0, 0.05) is 36.0 Å². The van der Waals surface area contributed by atoms with Crippen LogP contribution in [0.5, 0.6) is 0 Å². The van der Waals surface area contributed by atoms with Gasteiger partial charge < -0.3 is 10.2 Å². The molecule has 0 atom stereocenters. The van der Waals surface area contributed by atoms with Gasteiger partial charge in [-0.2, -0.15) is 0 Å². The third-order valence-electron chi connectivity index (χ3n) is 3.16. The second-order valence-electron chi connectivity index (χ2n) is 4.61. The molecule has 2 aromatic rings. The number of hydrogen-bond donors (Lipinski definition) is 1. The van der Waals surface area contributed by atoms with E-state index < -0.39 is 0 Å². The molecule has 0 aliphatic carbocycles. The minimum atomic E-state index is 0.910. The van der Waals surface area contributed by atoms with Crippen LogP contribution in [0, 0.1) is 6.92 Å². The average molecular weight is 319 g/mol. The Hall–Kier alpha value is -1.48. The summed E-state index contributed by atoms with van der Waals surface area (Å²) in [6.07, 6.45) is 0. The third kappa shape index (κ3) is 3.74. The number of rotatable bonds is 5. The Morgan fingerprint density at radius 1 is 1.05 bits per heavy atom. The maximum atomic E-state index is 3.54. The molecule has 0 bridgehead atoms. The summed E-state index contributed by atoms with van der Waals surface area (Å²) in [5, 5.41) is 3.44. The van der Waals surface area contributed by atoms with E-state index in [2.05, 4.69) is 70.4 Å². The van der Waals surface area contributed by atoms with Crippen LogP contribution in [0.2, 0.25) is 0 Å². The van der Waals surface area contributed by atoms with Crippen molar-refractivity contribution in [2.75, 3.05) is 30.4 Å². The minimum absolute atomic E-state index is 0.910. The number of halogens is 1. The second-order valence-corrected chi connectivity index (χ2v) is 5.47. The quantitative estimate of drug-likeness (QED) is 0.883. The smallest absolute Gasteiger partial charge is 0.0485 e. The molecule has 0 saturated carbocycles. The van der Waals surface area contributed by atoms with E-state index in [1.807, 2.05) is 18.2 Å². The van der Waals surface area contributed by atoms with Crippen LogP contribution in [-0.4, -0.2) is 20.1 Å². The molecular formula is C16H19BrN2. The third-order valence-corrected chi connectivity index (χ3v) is 3.85. The average Bonchev–Trinajstić information content (AvgIpc) is 2.41. The van der Waals surface area contributed by atoms with Crippen LogP contribution in [0.3, 0.4) is 0 Å². The van der Waals surface area contributed by atoms with E-state index >= 15 is 0 Å². The number of nitrogens with zero attached hydrogens (tertiary/aromatic N) is 1. The first kappa shape index (κ1) is 13.9. The van der Waals surface area contributed by atoms with E-state index in [9.17, 15) is 0 Å². The van der Waals surface area contributed by atoms with Crippen molar-refractivity contribution in [2.45, 2.75) is 6.92 Å². The Bertz CT molecular complexity index is 540. The van der Waals surface area contributed by atoms with Gasteiger partial charge in [-0.3, -0.25) is 0 Å². The van der Waals surface area contributed by atoms with E-state index in [0.29, 0.717) is 0 Å². The SMILES string of the molecule is Cc1ccccc1N(C)CCNc1ccccc1Br. The van der Waals surface area contributed by atoms with E-state index in [4.69, 9.17) is 0 Å². The summed E-state index contributed by atoms with van der Waals surface area (Å²) in [5.74, 6) is 0. The van der Waals surface area contributed by atoms with E-state index in [-0.39, 0.29) is 0 Å². The fourth-order valence-electron chi connectivity index (χ4n) is 2.08. The molecule has 0 unspecified atom stereocenters. The first-order valence-electron chi connectivity index (χ1n) is 6.43. The maximum Gasteiger partial charge on any atom is 0.0485 e. The lowest BCUT2D eigenvalue weighted by Gasteiger charge is -2.22. The molecule has 2 nitrogen and oxygen atoms in total. The van der Waals surface area contributed by atoms with Crippen molar-refractivity contribution in [1.29, 1.82) is 0 Å². The summed E-state index contributed by atoms with van der Waals surface area (Å²) in [4.78, 5) is 2.28. The number of hydrogen-bond acceptors (Lipinski definition) is 2. The number of nitrogens with one attached hydrogen (secondary N) is 1. The molecule has 0 heterocycles. The molecule has 3 heteroatoms. The molecule has 100 valence electrons. The van der Waals surface area contributed by atoms with Crippen LogP contribution in [0.25, 0.3) is 0 Å². The first-order valence-corrected chi connectivity index (χ1v) is 7.23. The molecule has 2 aromatic carbocycles. The molecule has 0 spiro atoms. The van der Waals surface area contributed by atoms with Crippen molar-refractivity contribution in [1.82, 2.24) is 0 Å². The highest BCUT2D eigenvalue weighted by Crippen LogP contribution is 2.21. The summed E-state index contributed by atoms with van der Waals surface area (Å²) in [6, 6.07) is 16.7. The molecule has 0 fully saturated rings.